The molecular formula is C15H23NO3. The third kappa shape index (κ3) is 6.15. The second kappa shape index (κ2) is 8.43. The molecule has 0 amide bonds. The van der Waals surface area contributed by atoms with E-state index in [2.05, 4.69) is 25.9 Å². The molecule has 2 atom stereocenters. The van der Waals surface area contributed by atoms with Gasteiger partial charge in [-0.05, 0) is 44.5 Å². The van der Waals surface area contributed by atoms with E-state index in [0.29, 0.717) is 6.61 Å². The molecule has 0 saturated carbocycles. The predicted molar refractivity (Wildman–Crippen MR) is 76.2 cm³/mol. The van der Waals surface area contributed by atoms with Crippen LogP contribution < -0.4 is 15.0 Å². The highest BCUT2D eigenvalue weighted by atomic mass is 16.7. The Labute approximate surface area is 115 Å². The fourth-order valence-electron chi connectivity index (χ4n) is 1.34. The lowest BCUT2D eigenvalue weighted by Gasteiger charge is -2.15. The van der Waals surface area contributed by atoms with Crippen molar-refractivity contribution < 1.29 is 14.3 Å². The number of nitrogens with one attached hydrogen (secondary N) is 1. The molecule has 1 aromatic rings. The van der Waals surface area contributed by atoms with E-state index in [1.54, 1.807) is 0 Å². The van der Waals surface area contributed by atoms with Gasteiger partial charge in [0.2, 0.25) is 0 Å². The summed E-state index contributed by atoms with van der Waals surface area (Å²) in [6.45, 7) is 10.0. The lowest BCUT2D eigenvalue weighted by Crippen LogP contribution is -2.23. The first-order valence-corrected chi connectivity index (χ1v) is 6.57. The highest BCUT2D eigenvalue weighted by Gasteiger charge is 2.04. The summed E-state index contributed by atoms with van der Waals surface area (Å²) in [5.74, 6) is 1.66. The van der Waals surface area contributed by atoms with Crippen molar-refractivity contribution in [2.45, 2.75) is 39.4 Å². The van der Waals surface area contributed by atoms with Crippen LogP contribution in [0.2, 0.25) is 0 Å². The van der Waals surface area contributed by atoms with Gasteiger partial charge in [0.15, 0.2) is 0 Å². The number of hydroxylamine groups is 1. The van der Waals surface area contributed by atoms with Crippen molar-refractivity contribution in [3.8, 4) is 11.5 Å². The van der Waals surface area contributed by atoms with Crippen LogP contribution in [0.5, 0.6) is 11.5 Å². The largest absolute Gasteiger partial charge is 0.491 e. The first-order valence-electron chi connectivity index (χ1n) is 6.57. The van der Waals surface area contributed by atoms with E-state index in [9.17, 15) is 0 Å². The van der Waals surface area contributed by atoms with Crippen molar-refractivity contribution in [3.05, 3.63) is 37.0 Å². The van der Waals surface area contributed by atoms with Crippen LogP contribution in [0.3, 0.4) is 0 Å². The number of hydrogen-bond acceptors (Lipinski definition) is 4. The molecule has 4 nitrogen and oxygen atoms in total. The van der Waals surface area contributed by atoms with Gasteiger partial charge in [-0.3, -0.25) is 10.3 Å². The second-order valence-electron chi connectivity index (χ2n) is 4.37. The Morgan fingerprint density at radius 1 is 1.16 bits per heavy atom. The van der Waals surface area contributed by atoms with Gasteiger partial charge in [0.25, 0.3) is 0 Å². The SMILES string of the molecule is C=CNOC(C)COc1ccc(OC(C)CC)cc1. The minimum absolute atomic E-state index is 0.0611. The molecule has 0 fully saturated rings. The third-order valence-corrected chi connectivity index (χ3v) is 2.57. The van der Waals surface area contributed by atoms with E-state index in [-0.39, 0.29) is 12.2 Å². The zero-order valence-electron chi connectivity index (χ0n) is 11.9. The highest BCUT2D eigenvalue weighted by Crippen LogP contribution is 2.19. The molecule has 1 N–H and O–H groups in total. The zero-order valence-corrected chi connectivity index (χ0v) is 11.9. The van der Waals surface area contributed by atoms with Crippen LogP contribution in [0.25, 0.3) is 0 Å². The average molecular weight is 265 g/mol. The Kier molecular flexibility index (Phi) is 6.82. The van der Waals surface area contributed by atoms with Gasteiger partial charge in [-0.25, -0.2) is 0 Å². The Balaban J connectivity index is 2.37. The maximum Gasteiger partial charge on any atom is 0.119 e. The summed E-state index contributed by atoms with van der Waals surface area (Å²) in [4.78, 5) is 5.19. The van der Waals surface area contributed by atoms with Gasteiger partial charge in [-0.15, -0.1) is 0 Å². The molecule has 2 unspecified atom stereocenters. The van der Waals surface area contributed by atoms with Gasteiger partial charge in [0.05, 0.1) is 6.10 Å². The van der Waals surface area contributed by atoms with Crippen LogP contribution in [-0.2, 0) is 4.84 Å². The number of benzene rings is 1. The molecule has 106 valence electrons. The van der Waals surface area contributed by atoms with Crippen LogP contribution in [-0.4, -0.2) is 18.8 Å². The van der Waals surface area contributed by atoms with Crippen molar-refractivity contribution >= 4 is 0 Å². The third-order valence-electron chi connectivity index (χ3n) is 2.57. The summed E-state index contributed by atoms with van der Waals surface area (Å²) in [6.07, 6.45) is 2.64. The van der Waals surface area contributed by atoms with E-state index in [1.807, 2.05) is 31.2 Å². The second-order valence-corrected chi connectivity index (χ2v) is 4.37. The van der Waals surface area contributed by atoms with E-state index < -0.39 is 0 Å². The van der Waals surface area contributed by atoms with Gasteiger partial charge in [-0.1, -0.05) is 13.5 Å². The maximum absolute atomic E-state index is 5.70. The predicted octanol–water partition coefficient (Wildman–Crippen LogP) is 3.30. The summed E-state index contributed by atoms with van der Waals surface area (Å²) in [5, 5.41) is 0. The standard InChI is InChI=1S/C15H23NO3/c1-5-12(3)18-15-9-7-14(8-10-15)17-11-13(4)19-16-6-2/h6-10,12-13,16H,2,5,11H2,1,3-4H3. The molecule has 0 radical (unpaired) electrons. The van der Waals surface area contributed by atoms with E-state index in [4.69, 9.17) is 14.3 Å². The summed E-state index contributed by atoms with van der Waals surface area (Å²) in [6, 6.07) is 7.61. The minimum Gasteiger partial charge on any atom is -0.491 e. The summed E-state index contributed by atoms with van der Waals surface area (Å²) < 4.78 is 11.3. The summed E-state index contributed by atoms with van der Waals surface area (Å²) in [7, 11) is 0. The van der Waals surface area contributed by atoms with Crippen LogP contribution in [0.1, 0.15) is 27.2 Å². The number of hydrogen-bond donors (Lipinski definition) is 1. The van der Waals surface area contributed by atoms with E-state index in [1.165, 1.54) is 6.20 Å². The molecule has 0 aliphatic carbocycles. The summed E-state index contributed by atoms with van der Waals surface area (Å²) in [5.41, 5.74) is 2.59. The van der Waals surface area contributed by atoms with E-state index >= 15 is 0 Å². The Bertz CT molecular complexity index is 364. The summed E-state index contributed by atoms with van der Waals surface area (Å²) >= 11 is 0. The highest BCUT2D eigenvalue weighted by molar-refractivity contribution is 5.31. The molecule has 0 aromatic heterocycles. The first kappa shape index (κ1) is 15.4. The normalized spacial score (nSPS) is 13.4. The van der Waals surface area contributed by atoms with Crippen molar-refractivity contribution in [3.63, 3.8) is 0 Å². The molecular weight excluding hydrogens is 242 g/mol. The van der Waals surface area contributed by atoms with Crippen LogP contribution in [0, 0.1) is 0 Å². The van der Waals surface area contributed by atoms with Crippen LogP contribution in [0.15, 0.2) is 37.0 Å². The average Bonchev–Trinajstić information content (AvgIpc) is 2.44. The Hall–Kier alpha value is -1.68. The Morgan fingerprint density at radius 3 is 2.37 bits per heavy atom. The molecule has 0 saturated heterocycles. The molecule has 0 spiro atoms. The van der Waals surface area contributed by atoms with Crippen LogP contribution in [0.4, 0.5) is 0 Å². The smallest absolute Gasteiger partial charge is 0.119 e. The topological polar surface area (TPSA) is 39.7 Å². The fourth-order valence-corrected chi connectivity index (χ4v) is 1.34. The van der Waals surface area contributed by atoms with E-state index in [0.717, 1.165) is 17.9 Å². The number of ether oxygens (including phenoxy) is 2. The molecule has 0 aliphatic rings. The van der Waals surface area contributed by atoms with Crippen molar-refractivity contribution in [1.82, 2.24) is 5.48 Å². The maximum atomic E-state index is 5.70. The molecule has 19 heavy (non-hydrogen) atoms. The van der Waals surface area contributed by atoms with Gasteiger partial charge >= 0.3 is 0 Å². The fraction of sp³-hybridized carbons (Fsp3) is 0.467. The lowest BCUT2D eigenvalue weighted by molar-refractivity contribution is -0.0144. The molecule has 1 aromatic carbocycles. The van der Waals surface area contributed by atoms with Crippen LogP contribution >= 0.6 is 0 Å². The molecule has 0 bridgehead atoms. The zero-order chi connectivity index (χ0) is 14.1. The molecule has 0 aliphatic heterocycles. The van der Waals surface area contributed by atoms with Gasteiger partial charge in [0.1, 0.15) is 24.2 Å². The van der Waals surface area contributed by atoms with Crippen molar-refractivity contribution in [1.29, 1.82) is 0 Å². The van der Waals surface area contributed by atoms with Gasteiger partial charge in [0, 0.05) is 6.20 Å². The molecule has 1 rings (SSSR count). The first-order chi connectivity index (χ1) is 9.15. The van der Waals surface area contributed by atoms with Gasteiger partial charge in [-0.2, -0.15) is 0 Å². The van der Waals surface area contributed by atoms with Gasteiger partial charge < -0.3 is 9.47 Å². The lowest BCUT2D eigenvalue weighted by atomic mass is 10.3. The Morgan fingerprint density at radius 2 is 1.79 bits per heavy atom. The quantitative estimate of drug-likeness (QED) is 0.695. The van der Waals surface area contributed by atoms with Crippen molar-refractivity contribution in [2.24, 2.45) is 0 Å². The number of rotatable bonds is 9. The molecule has 4 heteroatoms. The monoisotopic (exact) mass is 265 g/mol. The minimum atomic E-state index is -0.0611. The van der Waals surface area contributed by atoms with Crippen molar-refractivity contribution in [2.75, 3.05) is 6.61 Å². The molecule has 0 heterocycles.